The molecule has 0 radical (unpaired) electrons. The van der Waals surface area contributed by atoms with Gasteiger partial charge in [-0.2, -0.15) is 5.26 Å². The number of amides is 2. The smallest absolute Gasteiger partial charge is 0.266 e. The maximum Gasteiger partial charge on any atom is 0.266 e. The standard InChI is InChI=1S/C26H21ClFN3O4/c1-16-3-7-21(8-4-16)31-26(33)18(14-29)11-17-12-22(27)25(23(13-17)34-2)35-15-24(32)30-20-9-5-19(28)6-10-20/h3-13H,15H2,1-2H3,(H,30,32)(H,31,33)/b18-11-. The number of halogens is 2. The van der Waals surface area contributed by atoms with Crippen molar-refractivity contribution in [3.8, 4) is 17.6 Å². The van der Waals surface area contributed by atoms with Gasteiger partial charge in [-0.1, -0.05) is 29.3 Å². The summed E-state index contributed by atoms with van der Waals surface area (Å²) in [6.45, 7) is 1.54. The first-order chi connectivity index (χ1) is 16.8. The van der Waals surface area contributed by atoms with Crippen molar-refractivity contribution in [1.29, 1.82) is 5.26 Å². The minimum atomic E-state index is -0.579. The van der Waals surface area contributed by atoms with Crippen LogP contribution in [0.4, 0.5) is 15.8 Å². The van der Waals surface area contributed by atoms with Gasteiger partial charge in [-0.05, 0) is 67.1 Å². The van der Waals surface area contributed by atoms with Crippen molar-refractivity contribution in [2.45, 2.75) is 6.92 Å². The van der Waals surface area contributed by atoms with Gasteiger partial charge in [0.05, 0.1) is 12.1 Å². The quantitative estimate of drug-likeness (QED) is 0.325. The Labute approximate surface area is 206 Å². The number of carbonyl (C=O) groups is 2. The maximum absolute atomic E-state index is 13.0. The summed E-state index contributed by atoms with van der Waals surface area (Å²) < 4.78 is 23.8. The Morgan fingerprint density at radius 2 is 1.69 bits per heavy atom. The van der Waals surface area contributed by atoms with Crippen molar-refractivity contribution in [2.24, 2.45) is 0 Å². The number of nitriles is 1. The molecule has 7 nitrogen and oxygen atoms in total. The Bertz CT molecular complexity index is 1300. The highest BCUT2D eigenvalue weighted by Gasteiger charge is 2.16. The molecule has 0 atom stereocenters. The fraction of sp³-hybridized carbons (Fsp3) is 0.115. The molecule has 9 heteroatoms. The molecule has 0 aliphatic rings. The first-order valence-corrected chi connectivity index (χ1v) is 10.7. The summed E-state index contributed by atoms with van der Waals surface area (Å²) in [7, 11) is 1.39. The summed E-state index contributed by atoms with van der Waals surface area (Å²) in [4.78, 5) is 24.7. The van der Waals surface area contributed by atoms with Crippen LogP contribution in [-0.2, 0) is 9.59 Å². The topological polar surface area (TPSA) is 100 Å². The zero-order chi connectivity index (χ0) is 25.4. The number of methoxy groups -OCH3 is 1. The summed E-state index contributed by atoms with van der Waals surface area (Å²) in [6.07, 6.45) is 1.36. The third-order valence-electron chi connectivity index (χ3n) is 4.71. The van der Waals surface area contributed by atoms with Gasteiger partial charge in [-0.25, -0.2) is 4.39 Å². The Kier molecular flexibility index (Phi) is 8.43. The average molecular weight is 494 g/mol. The SMILES string of the molecule is COc1cc(/C=C(/C#N)C(=O)Nc2ccc(C)cc2)cc(Cl)c1OCC(=O)Nc1ccc(F)cc1. The van der Waals surface area contributed by atoms with E-state index in [-0.39, 0.29) is 28.7 Å². The first-order valence-electron chi connectivity index (χ1n) is 10.3. The Hall–Kier alpha value is -4.35. The van der Waals surface area contributed by atoms with E-state index in [1.54, 1.807) is 12.1 Å². The molecular formula is C26H21ClFN3O4. The highest BCUT2D eigenvalue weighted by molar-refractivity contribution is 6.32. The van der Waals surface area contributed by atoms with Crippen molar-refractivity contribution in [3.63, 3.8) is 0 Å². The summed E-state index contributed by atoms with van der Waals surface area (Å²) >= 11 is 6.33. The van der Waals surface area contributed by atoms with Crippen LogP contribution in [0.5, 0.6) is 11.5 Å². The number of nitrogens with one attached hydrogen (secondary N) is 2. The van der Waals surface area contributed by atoms with E-state index in [1.165, 1.54) is 49.6 Å². The number of hydrogen-bond donors (Lipinski definition) is 2. The number of nitrogens with zero attached hydrogens (tertiary/aromatic N) is 1. The van der Waals surface area contributed by atoms with Crippen LogP contribution >= 0.6 is 11.6 Å². The molecule has 2 N–H and O–H groups in total. The first kappa shape index (κ1) is 25.3. The van der Waals surface area contributed by atoms with Crippen LogP contribution < -0.4 is 20.1 Å². The van der Waals surface area contributed by atoms with E-state index in [1.807, 2.05) is 25.1 Å². The van der Waals surface area contributed by atoms with E-state index >= 15 is 0 Å². The second-order valence-electron chi connectivity index (χ2n) is 7.37. The van der Waals surface area contributed by atoms with Crippen molar-refractivity contribution >= 4 is 40.9 Å². The maximum atomic E-state index is 13.0. The van der Waals surface area contributed by atoms with Gasteiger partial charge in [-0.15, -0.1) is 0 Å². The molecule has 3 aromatic rings. The Morgan fingerprint density at radius 3 is 2.31 bits per heavy atom. The fourth-order valence-corrected chi connectivity index (χ4v) is 3.26. The predicted octanol–water partition coefficient (Wildman–Crippen LogP) is 5.36. The molecule has 0 saturated carbocycles. The van der Waals surface area contributed by atoms with Gasteiger partial charge in [0.15, 0.2) is 18.1 Å². The minimum Gasteiger partial charge on any atom is -0.493 e. The molecule has 0 unspecified atom stereocenters. The van der Waals surface area contributed by atoms with Gasteiger partial charge >= 0.3 is 0 Å². The third kappa shape index (κ3) is 7.06. The number of aryl methyl sites for hydroxylation is 1. The minimum absolute atomic E-state index is 0.112. The van der Waals surface area contributed by atoms with Crippen molar-refractivity contribution < 1.29 is 23.5 Å². The molecule has 0 aliphatic heterocycles. The van der Waals surface area contributed by atoms with Crippen LogP contribution in [-0.4, -0.2) is 25.5 Å². The zero-order valence-corrected chi connectivity index (χ0v) is 19.7. The lowest BCUT2D eigenvalue weighted by atomic mass is 10.1. The lowest BCUT2D eigenvalue weighted by Gasteiger charge is -2.13. The van der Waals surface area contributed by atoms with E-state index in [2.05, 4.69) is 10.6 Å². The number of hydrogen-bond acceptors (Lipinski definition) is 5. The molecule has 178 valence electrons. The molecule has 0 fully saturated rings. The van der Waals surface area contributed by atoms with Crippen LogP contribution in [0.1, 0.15) is 11.1 Å². The molecule has 0 heterocycles. The molecule has 3 rings (SSSR count). The lowest BCUT2D eigenvalue weighted by Crippen LogP contribution is -2.20. The van der Waals surface area contributed by atoms with E-state index in [0.717, 1.165) is 5.56 Å². The van der Waals surface area contributed by atoms with Gasteiger partial charge in [0, 0.05) is 11.4 Å². The molecule has 3 aromatic carbocycles. The van der Waals surface area contributed by atoms with Crippen molar-refractivity contribution in [2.75, 3.05) is 24.4 Å². The molecule has 0 bridgehead atoms. The van der Waals surface area contributed by atoms with Crippen LogP contribution in [0.3, 0.4) is 0 Å². The van der Waals surface area contributed by atoms with Crippen molar-refractivity contribution in [3.05, 3.63) is 88.2 Å². The van der Waals surface area contributed by atoms with E-state index in [0.29, 0.717) is 16.9 Å². The monoisotopic (exact) mass is 493 g/mol. The van der Waals surface area contributed by atoms with Crippen LogP contribution in [0.25, 0.3) is 6.08 Å². The predicted molar refractivity (Wildman–Crippen MR) is 132 cm³/mol. The lowest BCUT2D eigenvalue weighted by molar-refractivity contribution is -0.118. The van der Waals surface area contributed by atoms with Gasteiger partial charge in [0.2, 0.25) is 0 Å². The van der Waals surface area contributed by atoms with E-state index < -0.39 is 17.6 Å². The number of ether oxygens (including phenoxy) is 2. The molecule has 0 saturated heterocycles. The summed E-state index contributed by atoms with van der Waals surface area (Å²) in [5.41, 5.74) is 2.28. The van der Waals surface area contributed by atoms with E-state index in [9.17, 15) is 19.2 Å². The number of rotatable bonds is 8. The van der Waals surface area contributed by atoms with Gasteiger partial charge in [0.1, 0.15) is 17.5 Å². The Balaban J connectivity index is 1.72. The van der Waals surface area contributed by atoms with Gasteiger partial charge < -0.3 is 20.1 Å². The van der Waals surface area contributed by atoms with Crippen molar-refractivity contribution in [1.82, 2.24) is 0 Å². The van der Waals surface area contributed by atoms with Crippen LogP contribution in [0, 0.1) is 24.1 Å². The second kappa shape index (κ2) is 11.7. The largest absolute Gasteiger partial charge is 0.493 e. The van der Waals surface area contributed by atoms with Crippen LogP contribution in [0.15, 0.2) is 66.2 Å². The molecule has 0 aliphatic carbocycles. The molecular weight excluding hydrogens is 473 g/mol. The highest BCUT2D eigenvalue weighted by atomic mass is 35.5. The number of anilines is 2. The normalized spacial score (nSPS) is 10.8. The number of carbonyl (C=O) groups excluding carboxylic acids is 2. The third-order valence-corrected chi connectivity index (χ3v) is 4.99. The highest BCUT2D eigenvalue weighted by Crippen LogP contribution is 2.37. The average Bonchev–Trinajstić information content (AvgIpc) is 2.84. The fourth-order valence-electron chi connectivity index (χ4n) is 2.98. The van der Waals surface area contributed by atoms with Crippen LogP contribution in [0.2, 0.25) is 5.02 Å². The Morgan fingerprint density at radius 1 is 1.06 bits per heavy atom. The summed E-state index contributed by atoms with van der Waals surface area (Å²) in [6, 6.07) is 17.3. The summed E-state index contributed by atoms with van der Waals surface area (Å²) in [5.74, 6) is -1.17. The molecule has 0 aromatic heterocycles. The van der Waals surface area contributed by atoms with Gasteiger partial charge in [-0.3, -0.25) is 9.59 Å². The van der Waals surface area contributed by atoms with Gasteiger partial charge in [0.25, 0.3) is 11.8 Å². The second-order valence-corrected chi connectivity index (χ2v) is 7.78. The molecule has 35 heavy (non-hydrogen) atoms. The van der Waals surface area contributed by atoms with E-state index in [4.69, 9.17) is 21.1 Å². The molecule has 0 spiro atoms. The molecule has 2 amide bonds. The zero-order valence-electron chi connectivity index (χ0n) is 18.9. The summed E-state index contributed by atoms with van der Waals surface area (Å²) in [5, 5.41) is 14.8. The number of benzene rings is 3.